The lowest BCUT2D eigenvalue weighted by Crippen LogP contribution is -1.99. The highest BCUT2D eigenvalue weighted by Gasteiger charge is 2.12. The molecule has 0 aromatic heterocycles. The van der Waals surface area contributed by atoms with E-state index in [4.69, 9.17) is 19.3 Å². The summed E-state index contributed by atoms with van der Waals surface area (Å²) in [4.78, 5) is 10.6. The summed E-state index contributed by atoms with van der Waals surface area (Å²) in [5.41, 5.74) is 3.15. The number of aryl methyl sites for hydroxylation is 1. The second kappa shape index (κ2) is 11.8. The Labute approximate surface area is 172 Å². The lowest BCUT2D eigenvalue weighted by Gasteiger charge is -2.14. The summed E-state index contributed by atoms with van der Waals surface area (Å²) in [7, 11) is 1.63. The van der Waals surface area contributed by atoms with Crippen molar-refractivity contribution in [3.05, 3.63) is 53.1 Å². The lowest BCUT2D eigenvalue weighted by atomic mass is 10.0. The Hall–Kier alpha value is -2.95. The van der Waals surface area contributed by atoms with Crippen molar-refractivity contribution < 1.29 is 24.1 Å². The summed E-state index contributed by atoms with van der Waals surface area (Å²) < 4.78 is 17.0. The minimum Gasteiger partial charge on any atom is -0.494 e. The number of carbonyl (C=O) groups is 1. The van der Waals surface area contributed by atoms with Gasteiger partial charge in [0.25, 0.3) is 0 Å². The van der Waals surface area contributed by atoms with E-state index in [1.807, 2.05) is 50.3 Å². The zero-order valence-electron chi connectivity index (χ0n) is 17.4. The molecule has 5 heteroatoms. The molecule has 0 radical (unpaired) electrons. The summed E-state index contributed by atoms with van der Waals surface area (Å²) in [5.74, 6) is 1.34. The van der Waals surface area contributed by atoms with E-state index < -0.39 is 5.97 Å². The molecule has 156 valence electrons. The maximum atomic E-state index is 10.6. The van der Waals surface area contributed by atoms with Crippen molar-refractivity contribution >= 4 is 18.1 Å². The van der Waals surface area contributed by atoms with Crippen LogP contribution in [-0.4, -0.2) is 31.4 Å². The molecule has 0 saturated heterocycles. The van der Waals surface area contributed by atoms with E-state index in [0.29, 0.717) is 31.1 Å². The molecule has 0 amide bonds. The molecular formula is C24H30O5. The number of methoxy groups -OCH3 is 1. The van der Waals surface area contributed by atoms with Crippen molar-refractivity contribution in [3.8, 4) is 17.2 Å². The van der Waals surface area contributed by atoms with Crippen LogP contribution >= 0.6 is 0 Å². The number of hydrogen-bond acceptors (Lipinski definition) is 4. The third kappa shape index (κ3) is 7.18. The smallest absolute Gasteiger partial charge is 0.303 e. The molecule has 0 saturated carbocycles. The maximum absolute atomic E-state index is 10.6. The highest BCUT2D eigenvalue weighted by Crippen LogP contribution is 2.37. The summed E-state index contributed by atoms with van der Waals surface area (Å²) in [5, 5.41) is 8.74. The Kier molecular flexibility index (Phi) is 9.09. The predicted octanol–water partition coefficient (Wildman–Crippen LogP) is 5.46. The molecule has 0 unspecified atom stereocenters. The van der Waals surface area contributed by atoms with Crippen LogP contribution < -0.4 is 14.2 Å². The fourth-order valence-corrected chi connectivity index (χ4v) is 3.10. The molecule has 0 spiro atoms. The zero-order valence-corrected chi connectivity index (χ0v) is 17.4. The molecule has 2 rings (SSSR count). The first-order valence-electron chi connectivity index (χ1n) is 10.0. The molecule has 0 fully saturated rings. The molecule has 0 atom stereocenters. The monoisotopic (exact) mass is 398 g/mol. The van der Waals surface area contributed by atoms with Gasteiger partial charge in [0.2, 0.25) is 0 Å². The van der Waals surface area contributed by atoms with Gasteiger partial charge in [-0.15, -0.1) is 0 Å². The second-order valence-electron chi connectivity index (χ2n) is 6.59. The van der Waals surface area contributed by atoms with Crippen LogP contribution in [0.15, 0.2) is 36.4 Å². The number of hydrogen-bond donors (Lipinski definition) is 1. The third-order valence-electron chi connectivity index (χ3n) is 4.38. The summed E-state index contributed by atoms with van der Waals surface area (Å²) in [6.45, 7) is 5.00. The van der Waals surface area contributed by atoms with E-state index >= 15 is 0 Å². The van der Waals surface area contributed by atoms with E-state index in [2.05, 4.69) is 12.1 Å². The predicted molar refractivity (Wildman–Crippen MR) is 116 cm³/mol. The molecule has 0 aliphatic rings. The molecule has 5 nitrogen and oxygen atoms in total. The molecular weight excluding hydrogens is 368 g/mol. The van der Waals surface area contributed by atoms with Gasteiger partial charge in [0.05, 0.1) is 20.3 Å². The third-order valence-corrected chi connectivity index (χ3v) is 4.38. The number of ether oxygens (including phenoxy) is 3. The van der Waals surface area contributed by atoms with Gasteiger partial charge in [-0.05, 0) is 50.3 Å². The number of carboxylic acids is 1. The number of unbranched alkanes of at least 4 members (excludes halogenated alkanes) is 1. The van der Waals surface area contributed by atoms with E-state index in [1.165, 1.54) is 5.56 Å². The fourth-order valence-electron chi connectivity index (χ4n) is 3.10. The second-order valence-corrected chi connectivity index (χ2v) is 6.59. The minimum absolute atomic E-state index is 0.220. The van der Waals surface area contributed by atoms with Crippen LogP contribution in [0.5, 0.6) is 17.2 Å². The van der Waals surface area contributed by atoms with E-state index in [0.717, 1.165) is 29.7 Å². The van der Waals surface area contributed by atoms with Crippen molar-refractivity contribution in [1.29, 1.82) is 0 Å². The Morgan fingerprint density at radius 1 is 1.03 bits per heavy atom. The van der Waals surface area contributed by atoms with Gasteiger partial charge in [-0.2, -0.15) is 0 Å². The summed E-state index contributed by atoms with van der Waals surface area (Å²) in [6.07, 6.45) is 6.67. The SMILES string of the molecule is CCOc1cc(C=Cc2cccc(CCCCC(=O)O)c2)c(OC)c(OCC)c1. The van der Waals surface area contributed by atoms with E-state index in [-0.39, 0.29) is 6.42 Å². The Balaban J connectivity index is 2.19. The molecule has 0 bridgehead atoms. The number of benzene rings is 2. The Bertz CT molecular complexity index is 826. The van der Waals surface area contributed by atoms with Crippen LogP contribution in [0, 0.1) is 0 Å². The van der Waals surface area contributed by atoms with Crippen molar-refractivity contribution in [3.63, 3.8) is 0 Å². The Morgan fingerprint density at radius 3 is 2.52 bits per heavy atom. The zero-order chi connectivity index (χ0) is 21.1. The first-order valence-corrected chi connectivity index (χ1v) is 10.0. The highest BCUT2D eigenvalue weighted by molar-refractivity contribution is 5.75. The normalized spacial score (nSPS) is 10.9. The molecule has 0 aliphatic carbocycles. The van der Waals surface area contributed by atoms with Crippen molar-refractivity contribution in [2.75, 3.05) is 20.3 Å². The minimum atomic E-state index is -0.740. The van der Waals surface area contributed by atoms with Gasteiger partial charge in [-0.25, -0.2) is 0 Å². The van der Waals surface area contributed by atoms with Crippen molar-refractivity contribution in [1.82, 2.24) is 0 Å². The van der Waals surface area contributed by atoms with Gasteiger partial charge >= 0.3 is 5.97 Å². The van der Waals surface area contributed by atoms with Gasteiger partial charge in [-0.1, -0.05) is 36.4 Å². The molecule has 2 aromatic carbocycles. The van der Waals surface area contributed by atoms with Gasteiger partial charge < -0.3 is 19.3 Å². The maximum Gasteiger partial charge on any atom is 0.303 e. The topological polar surface area (TPSA) is 65.0 Å². The number of rotatable bonds is 12. The molecule has 0 aliphatic heterocycles. The standard InChI is InChI=1S/C24H30O5/c1-4-28-21-16-20(24(27-3)22(17-21)29-5-2)14-13-19-11-8-10-18(15-19)9-6-7-12-23(25)26/h8,10-11,13-17H,4-7,9,12H2,1-3H3,(H,25,26). The van der Waals surface area contributed by atoms with Gasteiger partial charge in [0, 0.05) is 18.1 Å². The van der Waals surface area contributed by atoms with Crippen LogP contribution in [0.3, 0.4) is 0 Å². The summed E-state index contributed by atoms with van der Waals surface area (Å²) in [6, 6.07) is 12.0. The quantitative estimate of drug-likeness (QED) is 0.380. The van der Waals surface area contributed by atoms with Gasteiger partial charge in [-0.3, -0.25) is 4.79 Å². The Morgan fingerprint density at radius 2 is 1.83 bits per heavy atom. The van der Waals surface area contributed by atoms with Crippen LogP contribution in [0.4, 0.5) is 0 Å². The van der Waals surface area contributed by atoms with Crippen LogP contribution in [0.2, 0.25) is 0 Å². The fraction of sp³-hybridized carbons (Fsp3) is 0.375. The average molecular weight is 398 g/mol. The van der Waals surface area contributed by atoms with Crippen molar-refractivity contribution in [2.24, 2.45) is 0 Å². The largest absolute Gasteiger partial charge is 0.494 e. The summed E-state index contributed by atoms with van der Waals surface area (Å²) >= 11 is 0. The number of carboxylic acid groups (broad SMARTS) is 1. The van der Waals surface area contributed by atoms with Crippen molar-refractivity contribution in [2.45, 2.75) is 39.5 Å². The molecule has 29 heavy (non-hydrogen) atoms. The lowest BCUT2D eigenvalue weighted by molar-refractivity contribution is -0.137. The molecule has 2 aromatic rings. The first kappa shape index (κ1) is 22.3. The average Bonchev–Trinajstić information content (AvgIpc) is 2.70. The number of aliphatic carboxylic acids is 1. The van der Waals surface area contributed by atoms with Crippen LogP contribution in [0.1, 0.15) is 49.8 Å². The van der Waals surface area contributed by atoms with Gasteiger partial charge in [0.1, 0.15) is 5.75 Å². The van der Waals surface area contributed by atoms with Crippen LogP contribution in [0.25, 0.3) is 12.2 Å². The van der Waals surface area contributed by atoms with Crippen LogP contribution in [-0.2, 0) is 11.2 Å². The first-order chi connectivity index (χ1) is 14.1. The van der Waals surface area contributed by atoms with Gasteiger partial charge in [0.15, 0.2) is 11.5 Å². The molecule has 0 heterocycles. The highest BCUT2D eigenvalue weighted by atomic mass is 16.5. The van der Waals surface area contributed by atoms with E-state index in [1.54, 1.807) is 7.11 Å². The van der Waals surface area contributed by atoms with E-state index in [9.17, 15) is 4.79 Å². The molecule has 1 N–H and O–H groups in total.